The number of rotatable bonds is 5. The van der Waals surface area contributed by atoms with Gasteiger partial charge in [0.25, 0.3) is 5.91 Å². The molecule has 3 amide bonds. The zero-order valence-corrected chi connectivity index (χ0v) is 21.8. The monoisotopic (exact) mass is 576 g/mol. The van der Waals surface area contributed by atoms with Gasteiger partial charge in [-0.2, -0.15) is 5.10 Å². The fraction of sp³-hybridized carbons (Fsp3) is 0.550. The number of nitrogens with one attached hydrogen (secondary N) is 3. The van der Waals surface area contributed by atoms with Crippen molar-refractivity contribution >= 4 is 56.0 Å². The van der Waals surface area contributed by atoms with Gasteiger partial charge in [0.15, 0.2) is 9.61 Å². The van der Waals surface area contributed by atoms with Gasteiger partial charge in [-0.1, -0.05) is 11.3 Å². The van der Waals surface area contributed by atoms with Crippen molar-refractivity contribution in [3.8, 4) is 0 Å². The number of carboxylic acid groups (broad SMARTS) is 1. The minimum Gasteiger partial charge on any atom is -0.465 e. The molecule has 3 heterocycles. The van der Waals surface area contributed by atoms with E-state index in [4.69, 9.17) is 14.6 Å². The maximum atomic E-state index is 14.7. The van der Waals surface area contributed by atoms with Gasteiger partial charge in [0, 0.05) is 7.05 Å². The molecule has 2 aromatic rings. The van der Waals surface area contributed by atoms with Crippen molar-refractivity contribution in [1.29, 1.82) is 0 Å². The molecule has 0 aromatic carbocycles. The number of halogens is 2. The predicted octanol–water partition coefficient (Wildman–Crippen LogP) is 4.06. The number of hydrogen-bond donors (Lipinski definition) is 4. The van der Waals surface area contributed by atoms with Crippen molar-refractivity contribution in [2.45, 2.75) is 57.5 Å². The minimum atomic E-state index is -1.46. The van der Waals surface area contributed by atoms with Gasteiger partial charge >= 0.3 is 12.2 Å². The minimum absolute atomic E-state index is 0.0503. The van der Waals surface area contributed by atoms with Crippen LogP contribution >= 0.6 is 27.3 Å². The molecule has 12 nitrogen and oxygen atoms in total. The molecule has 0 radical (unpaired) electrons. The van der Waals surface area contributed by atoms with Crippen LogP contribution in [0.2, 0.25) is 0 Å². The summed E-state index contributed by atoms with van der Waals surface area (Å²) >= 11 is 4.10. The molecule has 0 bridgehead atoms. The van der Waals surface area contributed by atoms with E-state index in [2.05, 4.69) is 42.0 Å². The molecule has 192 valence electrons. The van der Waals surface area contributed by atoms with Crippen molar-refractivity contribution in [3.05, 3.63) is 21.5 Å². The normalized spacial score (nSPS) is 20.6. The SMILES string of the molecule is Cn1ncc(NC(=O)c2nc(Br)sc2NC(=O)O)c1[C@@H]1CC[C@@H](NC(=O)OC(C)(C)C)[C@H](F)CO1. The summed E-state index contributed by atoms with van der Waals surface area (Å²) < 4.78 is 27.6. The number of alkyl carbamates (subject to hydrolysis) is 1. The molecule has 4 N–H and O–H groups in total. The lowest BCUT2D eigenvalue weighted by Gasteiger charge is -2.24. The van der Waals surface area contributed by atoms with Gasteiger partial charge in [-0.15, -0.1) is 0 Å². The summed E-state index contributed by atoms with van der Waals surface area (Å²) in [6.45, 7) is 4.87. The van der Waals surface area contributed by atoms with E-state index in [0.717, 1.165) is 11.3 Å². The molecule has 2 aromatic heterocycles. The Morgan fingerprint density at radius 1 is 1.31 bits per heavy atom. The van der Waals surface area contributed by atoms with Gasteiger partial charge in [0.2, 0.25) is 0 Å². The topological polar surface area (TPSA) is 157 Å². The summed E-state index contributed by atoms with van der Waals surface area (Å²) in [4.78, 5) is 40.0. The fourth-order valence-electron chi connectivity index (χ4n) is 3.49. The van der Waals surface area contributed by atoms with Crippen molar-refractivity contribution < 1.29 is 33.4 Å². The molecule has 1 aliphatic heterocycles. The molecule has 1 saturated heterocycles. The van der Waals surface area contributed by atoms with Gasteiger partial charge in [0.05, 0.1) is 30.2 Å². The molecule has 3 atom stereocenters. The number of nitrogens with zero attached hydrogens (tertiary/aromatic N) is 3. The van der Waals surface area contributed by atoms with Crippen LogP contribution in [-0.4, -0.2) is 62.4 Å². The van der Waals surface area contributed by atoms with E-state index in [-0.39, 0.29) is 23.7 Å². The highest BCUT2D eigenvalue weighted by molar-refractivity contribution is 9.11. The van der Waals surface area contributed by atoms with Crippen LogP contribution < -0.4 is 16.0 Å². The Balaban J connectivity index is 1.73. The molecular weight excluding hydrogens is 551 g/mol. The Morgan fingerprint density at radius 2 is 2.03 bits per heavy atom. The van der Waals surface area contributed by atoms with Crippen LogP contribution in [0.25, 0.3) is 0 Å². The molecule has 0 aliphatic carbocycles. The lowest BCUT2D eigenvalue weighted by atomic mass is 10.0. The van der Waals surface area contributed by atoms with E-state index in [1.165, 1.54) is 10.9 Å². The number of amides is 3. The van der Waals surface area contributed by atoms with Gasteiger partial charge in [-0.25, -0.2) is 19.0 Å². The number of ether oxygens (including phenoxy) is 2. The van der Waals surface area contributed by atoms with Crippen molar-refractivity contribution in [1.82, 2.24) is 20.1 Å². The first kappa shape index (κ1) is 26.8. The number of carbonyl (C=O) groups excluding carboxylic acids is 2. The van der Waals surface area contributed by atoms with E-state index in [1.807, 2.05) is 0 Å². The average Bonchev–Trinajstić information content (AvgIpc) is 3.21. The van der Waals surface area contributed by atoms with E-state index in [0.29, 0.717) is 21.7 Å². The molecule has 1 aliphatic rings. The van der Waals surface area contributed by atoms with Crippen molar-refractivity contribution in [2.24, 2.45) is 7.05 Å². The summed E-state index contributed by atoms with van der Waals surface area (Å²) in [6.07, 6.45) is -2.13. The van der Waals surface area contributed by atoms with E-state index < -0.39 is 42.0 Å². The van der Waals surface area contributed by atoms with Gasteiger partial charge in [0.1, 0.15) is 22.9 Å². The van der Waals surface area contributed by atoms with Gasteiger partial charge in [-0.3, -0.25) is 14.8 Å². The van der Waals surface area contributed by atoms with Gasteiger partial charge in [-0.05, 0) is 49.5 Å². The molecular formula is C20H26BrFN6O6S. The second-order valence-corrected chi connectivity index (χ2v) is 11.0. The zero-order valence-electron chi connectivity index (χ0n) is 19.4. The first-order valence-electron chi connectivity index (χ1n) is 10.6. The zero-order chi connectivity index (χ0) is 25.9. The van der Waals surface area contributed by atoms with Crippen LogP contribution in [0.1, 0.15) is 55.9 Å². The molecule has 0 saturated carbocycles. The Morgan fingerprint density at radius 3 is 2.69 bits per heavy atom. The maximum Gasteiger partial charge on any atom is 0.409 e. The van der Waals surface area contributed by atoms with Crippen LogP contribution in [0.15, 0.2) is 10.1 Å². The van der Waals surface area contributed by atoms with E-state index >= 15 is 0 Å². The van der Waals surface area contributed by atoms with Crippen LogP contribution in [-0.2, 0) is 16.5 Å². The first-order chi connectivity index (χ1) is 16.3. The third kappa shape index (κ3) is 7.11. The van der Waals surface area contributed by atoms with E-state index in [9.17, 15) is 18.8 Å². The van der Waals surface area contributed by atoms with E-state index in [1.54, 1.807) is 27.8 Å². The Hall–Kier alpha value is -2.78. The molecule has 0 spiro atoms. The Kier molecular flexibility index (Phi) is 8.33. The van der Waals surface area contributed by atoms with Crippen molar-refractivity contribution in [3.63, 3.8) is 0 Å². The number of aromatic nitrogens is 3. The highest BCUT2D eigenvalue weighted by atomic mass is 79.9. The standard InChI is InChI=1S/C20H26BrFN6O6S/c1-20(2,3)34-19(32)25-10-5-6-12(33-8-9(10)22)14-11(7-23-28(14)4)24-15(29)13-16(27-18(30)31)35-17(21)26-13/h7,9-10,12,27H,5-6,8H2,1-4H3,(H,24,29)(H,25,32)(H,30,31)/t9-,10-,12+/m1/s1. The number of carbonyl (C=O) groups is 3. The van der Waals surface area contributed by atoms with Gasteiger partial charge < -0.3 is 25.2 Å². The second kappa shape index (κ2) is 10.9. The van der Waals surface area contributed by atoms with Crippen LogP contribution in [0.3, 0.4) is 0 Å². The predicted molar refractivity (Wildman–Crippen MR) is 129 cm³/mol. The van der Waals surface area contributed by atoms with Crippen molar-refractivity contribution in [2.75, 3.05) is 17.2 Å². The summed E-state index contributed by atoms with van der Waals surface area (Å²) in [5.41, 5.74) is -0.0347. The van der Waals surface area contributed by atoms with Crippen LogP contribution in [0.5, 0.6) is 0 Å². The average molecular weight is 577 g/mol. The Bertz CT molecular complexity index is 1100. The molecule has 3 rings (SSSR count). The number of aryl methyl sites for hydroxylation is 1. The third-order valence-corrected chi connectivity index (χ3v) is 6.33. The van der Waals surface area contributed by atoms with Crippen LogP contribution in [0.4, 0.5) is 24.7 Å². The summed E-state index contributed by atoms with van der Waals surface area (Å²) in [5.74, 6) is -0.661. The fourth-order valence-corrected chi connectivity index (χ4v) is 4.83. The number of anilines is 2. The first-order valence-corrected chi connectivity index (χ1v) is 12.2. The van der Waals surface area contributed by atoms with Crippen LogP contribution in [0, 0.1) is 0 Å². The molecule has 1 fully saturated rings. The second-order valence-electron chi connectivity index (χ2n) is 8.76. The Labute approximate surface area is 212 Å². The molecule has 15 heteroatoms. The largest absolute Gasteiger partial charge is 0.465 e. The third-order valence-electron chi connectivity index (χ3n) is 4.91. The number of alkyl halides is 1. The number of thiazole rings is 1. The summed E-state index contributed by atoms with van der Waals surface area (Å²) in [5, 5.41) is 20.6. The molecule has 35 heavy (non-hydrogen) atoms. The molecule has 0 unspecified atom stereocenters. The highest BCUT2D eigenvalue weighted by Crippen LogP contribution is 2.34. The highest BCUT2D eigenvalue weighted by Gasteiger charge is 2.33. The maximum absolute atomic E-state index is 14.7. The summed E-state index contributed by atoms with van der Waals surface area (Å²) in [6, 6.07) is -0.807. The lowest BCUT2D eigenvalue weighted by molar-refractivity contribution is 0.0202. The quantitative estimate of drug-likeness (QED) is 0.415. The lowest BCUT2D eigenvalue weighted by Crippen LogP contribution is -2.44. The smallest absolute Gasteiger partial charge is 0.409 e. The number of hydrogen-bond acceptors (Lipinski definition) is 8. The summed E-state index contributed by atoms with van der Waals surface area (Å²) in [7, 11) is 1.65.